The Hall–Kier alpha value is -0.610. The van der Waals surface area contributed by atoms with Gasteiger partial charge in [-0.15, -0.1) is 0 Å². The van der Waals surface area contributed by atoms with Crippen molar-refractivity contribution in [2.24, 2.45) is 5.73 Å². The second kappa shape index (κ2) is 5.32. The van der Waals surface area contributed by atoms with Crippen LogP contribution in [-0.2, 0) is 9.53 Å². The Morgan fingerprint density at radius 3 is 3.00 bits per heavy atom. The van der Waals surface area contributed by atoms with Crippen LogP contribution in [0, 0.1) is 0 Å². The van der Waals surface area contributed by atoms with Crippen molar-refractivity contribution in [2.75, 3.05) is 19.7 Å². The van der Waals surface area contributed by atoms with E-state index in [0.717, 1.165) is 12.8 Å². The molecule has 1 aliphatic heterocycles. The fourth-order valence-electron chi connectivity index (χ4n) is 1.69. The molecule has 0 aromatic rings. The smallest absolute Gasteiger partial charge is 0.239 e. The molecular weight excluding hydrogens is 180 g/mol. The van der Waals surface area contributed by atoms with Crippen molar-refractivity contribution in [2.45, 2.75) is 38.8 Å². The van der Waals surface area contributed by atoms with Crippen LogP contribution in [0.2, 0.25) is 0 Å². The highest BCUT2D eigenvalue weighted by atomic mass is 16.5. The van der Waals surface area contributed by atoms with Gasteiger partial charge in [-0.2, -0.15) is 0 Å². The topological polar surface area (TPSA) is 55.6 Å². The Labute approximate surface area is 85.4 Å². The number of ether oxygens (including phenoxy) is 1. The summed E-state index contributed by atoms with van der Waals surface area (Å²) in [7, 11) is 0. The normalized spacial score (nSPS) is 24.8. The highest BCUT2D eigenvalue weighted by Crippen LogP contribution is 2.07. The first kappa shape index (κ1) is 11.5. The molecule has 1 aliphatic rings. The number of amides is 1. The molecule has 0 aromatic heterocycles. The Morgan fingerprint density at radius 1 is 1.71 bits per heavy atom. The zero-order chi connectivity index (χ0) is 10.6. The first-order valence-electron chi connectivity index (χ1n) is 5.31. The summed E-state index contributed by atoms with van der Waals surface area (Å²) in [5.41, 5.74) is 5.77. The number of carbonyl (C=O) groups is 1. The van der Waals surface area contributed by atoms with Crippen LogP contribution >= 0.6 is 0 Å². The molecule has 14 heavy (non-hydrogen) atoms. The van der Waals surface area contributed by atoms with E-state index in [9.17, 15) is 4.79 Å². The van der Waals surface area contributed by atoms with Crippen LogP contribution in [0.25, 0.3) is 0 Å². The van der Waals surface area contributed by atoms with E-state index in [2.05, 4.69) is 0 Å². The predicted molar refractivity (Wildman–Crippen MR) is 54.9 cm³/mol. The lowest BCUT2D eigenvalue weighted by Gasteiger charge is -2.32. The molecule has 1 heterocycles. The molecule has 0 saturated carbocycles. The molecule has 1 rings (SSSR count). The molecule has 4 nitrogen and oxygen atoms in total. The van der Waals surface area contributed by atoms with Gasteiger partial charge in [0.15, 0.2) is 0 Å². The monoisotopic (exact) mass is 200 g/mol. The molecule has 0 spiro atoms. The predicted octanol–water partition coefficient (Wildman–Crippen LogP) is 0.361. The zero-order valence-electron chi connectivity index (χ0n) is 9.03. The van der Waals surface area contributed by atoms with Crippen LogP contribution in [0.3, 0.4) is 0 Å². The third-order valence-corrected chi connectivity index (χ3v) is 2.47. The minimum Gasteiger partial charge on any atom is -0.375 e. The van der Waals surface area contributed by atoms with Crippen LogP contribution in [0.1, 0.15) is 26.7 Å². The number of hydrogen-bond donors (Lipinski definition) is 1. The van der Waals surface area contributed by atoms with Gasteiger partial charge in [-0.1, -0.05) is 13.3 Å². The van der Waals surface area contributed by atoms with Gasteiger partial charge in [0.05, 0.1) is 18.8 Å². The number of carbonyl (C=O) groups excluding carboxylic acids is 1. The molecule has 2 N–H and O–H groups in total. The Balaban J connectivity index is 2.42. The summed E-state index contributed by atoms with van der Waals surface area (Å²) < 4.78 is 5.36. The molecule has 1 fully saturated rings. The molecule has 2 atom stereocenters. The molecule has 0 bridgehead atoms. The number of hydrogen-bond acceptors (Lipinski definition) is 3. The zero-order valence-corrected chi connectivity index (χ0v) is 9.03. The summed E-state index contributed by atoms with van der Waals surface area (Å²) in [5, 5.41) is 0. The molecule has 1 unspecified atom stereocenters. The van der Waals surface area contributed by atoms with Crippen molar-refractivity contribution in [3.63, 3.8) is 0 Å². The summed E-state index contributed by atoms with van der Waals surface area (Å²) in [6, 6.07) is -0.328. The maximum Gasteiger partial charge on any atom is 0.239 e. The minimum absolute atomic E-state index is 0.0713. The lowest BCUT2D eigenvalue weighted by molar-refractivity contribution is -0.139. The second-order valence-corrected chi connectivity index (χ2v) is 3.86. The number of nitrogens with two attached hydrogens (primary N) is 1. The Morgan fingerprint density at radius 2 is 2.43 bits per heavy atom. The van der Waals surface area contributed by atoms with E-state index in [0.29, 0.717) is 19.7 Å². The van der Waals surface area contributed by atoms with Crippen LogP contribution in [0.4, 0.5) is 0 Å². The maximum absolute atomic E-state index is 11.8. The number of morpholine rings is 1. The second-order valence-electron chi connectivity index (χ2n) is 3.86. The average Bonchev–Trinajstić information content (AvgIpc) is 2.17. The number of nitrogens with zero attached hydrogens (tertiary/aromatic N) is 1. The van der Waals surface area contributed by atoms with E-state index in [4.69, 9.17) is 10.5 Å². The first-order valence-corrected chi connectivity index (χ1v) is 5.31. The van der Waals surface area contributed by atoms with E-state index in [1.54, 1.807) is 0 Å². The average molecular weight is 200 g/mol. The summed E-state index contributed by atoms with van der Waals surface area (Å²) in [6.07, 6.45) is 1.86. The Bertz CT molecular complexity index is 197. The van der Waals surface area contributed by atoms with Crippen molar-refractivity contribution >= 4 is 5.91 Å². The molecule has 0 aliphatic carbocycles. The fraction of sp³-hybridized carbons (Fsp3) is 0.900. The molecule has 4 heteroatoms. The van der Waals surface area contributed by atoms with Crippen LogP contribution in [0.15, 0.2) is 0 Å². The summed E-state index contributed by atoms with van der Waals surface area (Å²) in [6.45, 7) is 6.00. The SMILES string of the molecule is CCC[C@@H](N)C(=O)N1CCOC(C)C1. The molecule has 1 saturated heterocycles. The van der Waals surface area contributed by atoms with Crippen molar-refractivity contribution in [3.05, 3.63) is 0 Å². The minimum atomic E-state index is -0.328. The van der Waals surface area contributed by atoms with Gasteiger partial charge in [0, 0.05) is 13.1 Å². The maximum atomic E-state index is 11.8. The van der Waals surface area contributed by atoms with Gasteiger partial charge < -0.3 is 15.4 Å². The van der Waals surface area contributed by atoms with Crippen molar-refractivity contribution < 1.29 is 9.53 Å². The van der Waals surface area contributed by atoms with Gasteiger partial charge in [-0.05, 0) is 13.3 Å². The molecule has 0 aromatic carbocycles. The largest absolute Gasteiger partial charge is 0.375 e. The van der Waals surface area contributed by atoms with Gasteiger partial charge in [-0.25, -0.2) is 0 Å². The summed E-state index contributed by atoms with van der Waals surface area (Å²) in [4.78, 5) is 13.6. The van der Waals surface area contributed by atoms with E-state index < -0.39 is 0 Å². The van der Waals surface area contributed by atoms with Gasteiger partial charge in [0.2, 0.25) is 5.91 Å². The van der Waals surface area contributed by atoms with E-state index in [1.165, 1.54) is 0 Å². The third-order valence-electron chi connectivity index (χ3n) is 2.47. The highest BCUT2D eigenvalue weighted by Gasteiger charge is 2.24. The van der Waals surface area contributed by atoms with Gasteiger partial charge in [0.1, 0.15) is 0 Å². The molecule has 0 radical (unpaired) electrons. The molecular formula is C10H20N2O2. The van der Waals surface area contributed by atoms with Crippen molar-refractivity contribution in [1.29, 1.82) is 0 Å². The highest BCUT2D eigenvalue weighted by molar-refractivity contribution is 5.81. The summed E-state index contributed by atoms with van der Waals surface area (Å²) in [5.74, 6) is 0.0713. The quantitative estimate of drug-likeness (QED) is 0.715. The van der Waals surface area contributed by atoms with E-state index >= 15 is 0 Å². The number of rotatable bonds is 3. The molecule has 82 valence electrons. The lowest BCUT2D eigenvalue weighted by Crippen LogP contribution is -2.50. The Kier molecular flexibility index (Phi) is 4.35. The van der Waals surface area contributed by atoms with Gasteiger partial charge in [-0.3, -0.25) is 4.79 Å². The van der Waals surface area contributed by atoms with E-state index in [1.807, 2.05) is 18.7 Å². The van der Waals surface area contributed by atoms with Crippen LogP contribution < -0.4 is 5.73 Å². The standard InChI is InChI=1S/C10H20N2O2/c1-3-4-9(11)10(13)12-5-6-14-8(2)7-12/h8-9H,3-7,11H2,1-2H3/t8?,9-/m1/s1. The van der Waals surface area contributed by atoms with Crippen LogP contribution in [0.5, 0.6) is 0 Å². The van der Waals surface area contributed by atoms with E-state index in [-0.39, 0.29) is 18.1 Å². The fourth-order valence-corrected chi connectivity index (χ4v) is 1.69. The van der Waals surface area contributed by atoms with Crippen LogP contribution in [-0.4, -0.2) is 42.6 Å². The summed E-state index contributed by atoms with van der Waals surface area (Å²) >= 11 is 0. The first-order chi connectivity index (χ1) is 6.65. The van der Waals surface area contributed by atoms with Crippen molar-refractivity contribution in [3.8, 4) is 0 Å². The molecule has 1 amide bonds. The van der Waals surface area contributed by atoms with Gasteiger partial charge >= 0.3 is 0 Å². The lowest BCUT2D eigenvalue weighted by atomic mass is 10.1. The van der Waals surface area contributed by atoms with Crippen molar-refractivity contribution in [1.82, 2.24) is 4.90 Å². The van der Waals surface area contributed by atoms with Gasteiger partial charge in [0.25, 0.3) is 0 Å². The third kappa shape index (κ3) is 2.96.